The Morgan fingerprint density at radius 3 is 2.58 bits per heavy atom. The first-order valence-electron chi connectivity index (χ1n) is 6.65. The summed E-state index contributed by atoms with van der Waals surface area (Å²) in [5.41, 5.74) is 4.98. The molecule has 1 heterocycles. The zero-order valence-corrected chi connectivity index (χ0v) is 11.7. The molecule has 2 aromatic carbocycles. The Morgan fingerprint density at radius 2 is 1.84 bits per heavy atom. The van der Waals surface area contributed by atoms with Crippen LogP contribution in [-0.4, -0.2) is 4.98 Å². The van der Waals surface area contributed by atoms with Crippen LogP contribution < -0.4 is 0 Å². The van der Waals surface area contributed by atoms with Crippen LogP contribution in [0.1, 0.15) is 18.9 Å². The first-order chi connectivity index (χ1) is 9.29. The molecule has 0 spiro atoms. The SMILES string of the molecule is CCCc1c(-c2ccccc2)[nH]c2ccc(Cl)cc12. The number of nitrogens with one attached hydrogen (secondary N) is 1. The predicted octanol–water partition coefficient (Wildman–Crippen LogP) is 5.44. The third-order valence-corrected chi connectivity index (χ3v) is 3.67. The van der Waals surface area contributed by atoms with Crippen molar-refractivity contribution >= 4 is 22.5 Å². The largest absolute Gasteiger partial charge is 0.354 e. The number of H-pyrrole nitrogens is 1. The number of hydrogen-bond donors (Lipinski definition) is 1. The van der Waals surface area contributed by atoms with Gasteiger partial charge >= 0.3 is 0 Å². The van der Waals surface area contributed by atoms with Crippen LogP contribution in [0.4, 0.5) is 0 Å². The van der Waals surface area contributed by atoms with Crippen LogP contribution >= 0.6 is 11.6 Å². The van der Waals surface area contributed by atoms with E-state index in [1.807, 2.05) is 12.1 Å². The van der Waals surface area contributed by atoms with Crippen LogP contribution in [0.25, 0.3) is 22.2 Å². The van der Waals surface area contributed by atoms with Crippen LogP contribution in [-0.2, 0) is 6.42 Å². The summed E-state index contributed by atoms with van der Waals surface area (Å²) in [6, 6.07) is 16.5. The van der Waals surface area contributed by atoms with Gasteiger partial charge in [0.2, 0.25) is 0 Å². The summed E-state index contributed by atoms with van der Waals surface area (Å²) in [4.78, 5) is 3.53. The molecule has 0 saturated heterocycles. The highest BCUT2D eigenvalue weighted by atomic mass is 35.5. The quantitative estimate of drug-likeness (QED) is 0.651. The molecular weight excluding hydrogens is 254 g/mol. The summed E-state index contributed by atoms with van der Waals surface area (Å²) in [5, 5.41) is 2.04. The van der Waals surface area contributed by atoms with Gasteiger partial charge in [0, 0.05) is 21.6 Å². The molecule has 0 radical (unpaired) electrons. The second-order valence-corrected chi connectivity index (χ2v) is 5.22. The lowest BCUT2D eigenvalue weighted by atomic mass is 10.0. The van der Waals surface area contributed by atoms with E-state index in [2.05, 4.69) is 48.3 Å². The summed E-state index contributed by atoms with van der Waals surface area (Å²) in [5.74, 6) is 0. The fraction of sp³-hybridized carbons (Fsp3) is 0.176. The van der Waals surface area contributed by atoms with E-state index >= 15 is 0 Å². The number of rotatable bonds is 3. The van der Waals surface area contributed by atoms with E-state index in [-0.39, 0.29) is 0 Å². The van der Waals surface area contributed by atoms with Crippen LogP contribution in [0, 0.1) is 0 Å². The summed E-state index contributed by atoms with van der Waals surface area (Å²) in [6.45, 7) is 2.21. The van der Waals surface area contributed by atoms with Crippen molar-refractivity contribution in [3.8, 4) is 11.3 Å². The number of aryl methyl sites for hydroxylation is 1. The minimum Gasteiger partial charge on any atom is -0.354 e. The molecule has 0 fully saturated rings. The lowest BCUT2D eigenvalue weighted by molar-refractivity contribution is 0.931. The monoisotopic (exact) mass is 269 g/mol. The van der Waals surface area contributed by atoms with Crippen molar-refractivity contribution < 1.29 is 0 Å². The van der Waals surface area contributed by atoms with Gasteiger partial charge in [0.15, 0.2) is 0 Å². The Bertz CT molecular complexity index is 698. The first kappa shape index (κ1) is 12.3. The van der Waals surface area contributed by atoms with Gasteiger partial charge in [-0.25, -0.2) is 0 Å². The maximum absolute atomic E-state index is 6.13. The normalized spacial score (nSPS) is 11.1. The molecule has 0 saturated carbocycles. The van der Waals surface area contributed by atoms with Gasteiger partial charge in [-0.1, -0.05) is 55.3 Å². The second kappa shape index (κ2) is 5.10. The zero-order chi connectivity index (χ0) is 13.2. The Labute approximate surface area is 118 Å². The van der Waals surface area contributed by atoms with Gasteiger partial charge in [0.1, 0.15) is 0 Å². The molecule has 1 N–H and O–H groups in total. The second-order valence-electron chi connectivity index (χ2n) is 4.78. The van der Waals surface area contributed by atoms with Crippen LogP contribution in [0.3, 0.4) is 0 Å². The highest BCUT2D eigenvalue weighted by Crippen LogP contribution is 2.32. The number of fused-ring (bicyclic) bond motifs is 1. The number of halogens is 1. The molecule has 0 atom stereocenters. The van der Waals surface area contributed by atoms with Crippen LogP contribution in [0.2, 0.25) is 5.02 Å². The maximum atomic E-state index is 6.13. The fourth-order valence-corrected chi connectivity index (χ4v) is 2.75. The Hall–Kier alpha value is -1.73. The van der Waals surface area contributed by atoms with Gasteiger partial charge in [0.05, 0.1) is 0 Å². The Morgan fingerprint density at radius 1 is 1.05 bits per heavy atom. The Kier molecular flexibility index (Phi) is 3.31. The van der Waals surface area contributed by atoms with E-state index in [1.54, 1.807) is 0 Å². The lowest BCUT2D eigenvalue weighted by Gasteiger charge is -2.03. The highest BCUT2D eigenvalue weighted by Gasteiger charge is 2.12. The topological polar surface area (TPSA) is 15.8 Å². The third-order valence-electron chi connectivity index (χ3n) is 3.43. The summed E-state index contributed by atoms with van der Waals surface area (Å²) >= 11 is 6.13. The number of aromatic amines is 1. The molecule has 2 heteroatoms. The first-order valence-corrected chi connectivity index (χ1v) is 7.03. The van der Waals surface area contributed by atoms with Gasteiger partial charge in [-0.05, 0) is 35.7 Å². The highest BCUT2D eigenvalue weighted by molar-refractivity contribution is 6.31. The van der Waals surface area contributed by atoms with Crippen molar-refractivity contribution in [3.63, 3.8) is 0 Å². The molecule has 19 heavy (non-hydrogen) atoms. The molecule has 0 aliphatic rings. The molecule has 3 rings (SSSR count). The van der Waals surface area contributed by atoms with Crippen molar-refractivity contribution in [1.29, 1.82) is 0 Å². The summed E-state index contributed by atoms with van der Waals surface area (Å²) in [7, 11) is 0. The van der Waals surface area contributed by atoms with Crippen LogP contribution in [0.15, 0.2) is 48.5 Å². The number of hydrogen-bond acceptors (Lipinski definition) is 0. The van der Waals surface area contributed by atoms with E-state index in [9.17, 15) is 0 Å². The zero-order valence-electron chi connectivity index (χ0n) is 10.9. The van der Waals surface area contributed by atoms with Crippen molar-refractivity contribution in [3.05, 3.63) is 59.1 Å². The average Bonchev–Trinajstić information content (AvgIpc) is 2.79. The number of aromatic nitrogens is 1. The van der Waals surface area contributed by atoms with Gasteiger partial charge in [-0.15, -0.1) is 0 Å². The average molecular weight is 270 g/mol. The fourth-order valence-electron chi connectivity index (χ4n) is 2.58. The molecule has 0 bridgehead atoms. The van der Waals surface area contributed by atoms with Crippen molar-refractivity contribution in [2.75, 3.05) is 0 Å². The minimum atomic E-state index is 0.795. The molecule has 3 aromatic rings. The summed E-state index contributed by atoms with van der Waals surface area (Å²) < 4.78 is 0. The van der Waals surface area contributed by atoms with Gasteiger partial charge in [-0.2, -0.15) is 0 Å². The summed E-state index contributed by atoms with van der Waals surface area (Å²) in [6.07, 6.45) is 2.18. The molecular formula is C17H16ClN. The Balaban J connectivity index is 2.26. The third kappa shape index (κ3) is 2.26. The smallest absolute Gasteiger partial charge is 0.0497 e. The van der Waals surface area contributed by atoms with E-state index in [1.165, 1.54) is 22.2 Å². The number of benzene rings is 2. The van der Waals surface area contributed by atoms with Gasteiger partial charge < -0.3 is 4.98 Å². The van der Waals surface area contributed by atoms with Gasteiger partial charge in [0.25, 0.3) is 0 Å². The molecule has 1 aromatic heterocycles. The van der Waals surface area contributed by atoms with Crippen LogP contribution in [0.5, 0.6) is 0 Å². The molecule has 0 aliphatic carbocycles. The van der Waals surface area contributed by atoms with E-state index in [4.69, 9.17) is 11.6 Å². The maximum Gasteiger partial charge on any atom is 0.0497 e. The molecule has 1 nitrogen and oxygen atoms in total. The predicted molar refractivity (Wildman–Crippen MR) is 82.7 cm³/mol. The van der Waals surface area contributed by atoms with E-state index < -0.39 is 0 Å². The van der Waals surface area contributed by atoms with Crippen molar-refractivity contribution in [2.24, 2.45) is 0 Å². The van der Waals surface area contributed by atoms with Gasteiger partial charge in [-0.3, -0.25) is 0 Å². The van der Waals surface area contributed by atoms with Crippen molar-refractivity contribution in [1.82, 2.24) is 4.98 Å². The molecule has 0 aliphatic heterocycles. The minimum absolute atomic E-state index is 0.795. The van der Waals surface area contributed by atoms with E-state index in [0.717, 1.165) is 23.4 Å². The van der Waals surface area contributed by atoms with Crippen molar-refractivity contribution in [2.45, 2.75) is 19.8 Å². The standard InChI is InChI=1S/C17H16ClN/c1-2-6-14-15-11-13(18)9-10-16(15)19-17(14)12-7-4-3-5-8-12/h3-5,7-11,19H,2,6H2,1H3. The van der Waals surface area contributed by atoms with E-state index in [0.29, 0.717) is 0 Å². The molecule has 96 valence electrons. The lowest BCUT2D eigenvalue weighted by Crippen LogP contribution is -1.86. The molecule has 0 unspecified atom stereocenters. The molecule has 0 amide bonds.